The Morgan fingerprint density at radius 2 is 2.00 bits per heavy atom. The maximum atomic E-state index is 5.67. The standard InChI is InChI=1S/C13H27N3O3/c1-14-12(15-7-4-8-17-2)16-11-13(18-3)5-9-19-10-6-13/h4-11H2,1-3H3,(H2,14,15,16). The number of hydrogen-bond donors (Lipinski definition) is 2. The van der Waals surface area contributed by atoms with E-state index in [-0.39, 0.29) is 5.60 Å². The van der Waals surface area contributed by atoms with Crippen molar-refractivity contribution in [2.45, 2.75) is 24.9 Å². The molecule has 6 nitrogen and oxygen atoms in total. The molecule has 19 heavy (non-hydrogen) atoms. The van der Waals surface area contributed by atoms with Crippen molar-refractivity contribution < 1.29 is 14.2 Å². The van der Waals surface area contributed by atoms with Crippen LogP contribution in [0, 0.1) is 0 Å². The number of methoxy groups -OCH3 is 2. The second-order valence-electron chi connectivity index (χ2n) is 4.70. The summed E-state index contributed by atoms with van der Waals surface area (Å²) < 4.78 is 16.1. The van der Waals surface area contributed by atoms with Gasteiger partial charge in [0.05, 0.1) is 5.60 Å². The predicted molar refractivity (Wildman–Crippen MR) is 75.7 cm³/mol. The van der Waals surface area contributed by atoms with Gasteiger partial charge in [-0.15, -0.1) is 0 Å². The van der Waals surface area contributed by atoms with Crippen molar-refractivity contribution in [1.82, 2.24) is 10.6 Å². The van der Waals surface area contributed by atoms with E-state index < -0.39 is 0 Å². The van der Waals surface area contributed by atoms with Gasteiger partial charge in [-0.3, -0.25) is 4.99 Å². The second-order valence-corrected chi connectivity index (χ2v) is 4.70. The highest BCUT2D eigenvalue weighted by Crippen LogP contribution is 2.23. The molecular formula is C13H27N3O3. The molecule has 1 saturated heterocycles. The lowest BCUT2D eigenvalue weighted by molar-refractivity contribution is -0.0855. The zero-order valence-electron chi connectivity index (χ0n) is 12.3. The molecule has 2 N–H and O–H groups in total. The van der Waals surface area contributed by atoms with Gasteiger partial charge in [-0.05, 0) is 6.42 Å². The SMILES string of the molecule is CN=C(NCCCOC)NCC1(OC)CCOCC1. The first-order valence-electron chi connectivity index (χ1n) is 6.83. The van der Waals surface area contributed by atoms with Crippen LogP contribution in [0.2, 0.25) is 0 Å². The fraction of sp³-hybridized carbons (Fsp3) is 0.923. The van der Waals surface area contributed by atoms with Crippen molar-refractivity contribution in [2.24, 2.45) is 4.99 Å². The van der Waals surface area contributed by atoms with E-state index in [0.29, 0.717) is 0 Å². The van der Waals surface area contributed by atoms with Gasteiger partial charge in [-0.2, -0.15) is 0 Å². The molecule has 1 aliphatic rings. The number of rotatable bonds is 7. The average Bonchev–Trinajstić information content (AvgIpc) is 2.47. The third-order valence-corrected chi connectivity index (χ3v) is 3.46. The molecule has 1 rings (SSSR count). The summed E-state index contributed by atoms with van der Waals surface area (Å²) in [6, 6.07) is 0. The summed E-state index contributed by atoms with van der Waals surface area (Å²) in [7, 11) is 5.25. The van der Waals surface area contributed by atoms with E-state index in [1.807, 2.05) is 0 Å². The average molecular weight is 273 g/mol. The van der Waals surface area contributed by atoms with Gasteiger partial charge < -0.3 is 24.8 Å². The topological polar surface area (TPSA) is 64.1 Å². The third-order valence-electron chi connectivity index (χ3n) is 3.46. The van der Waals surface area contributed by atoms with Crippen molar-refractivity contribution in [1.29, 1.82) is 0 Å². The Labute approximate surface area is 115 Å². The first kappa shape index (κ1) is 16.2. The van der Waals surface area contributed by atoms with Crippen LogP contribution in [0.25, 0.3) is 0 Å². The maximum Gasteiger partial charge on any atom is 0.191 e. The summed E-state index contributed by atoms with van der Waals surface area (Å²) in [5.41, 5.74) is -0.137. The molecule has 1 aliphatic heterocycles. The van der Waals surface area contributed by atoms with Crippen molar-refractivity contribution in [3.05, 3.63) is 0 Å². The molecule has 112 valence electrons. The first-order chi connectivity index (χ1) is 9.26. The quantitative estimate of drug-likeness (QED) is 0.399. The minimum Gasteiger partial charge on any atom is -0.385 e. The van der Waals surface area contributed by atoms with Crippen LogP contribution in [-0.2, 0) is 14.2 Å². The fourth-order valence-electron chi connectivity index (χ4n) is 2.09. The molecule has 6 heteroatoms. The van der Waals surface area contributed by atoms with E-state index in [1.54, 1.807) is 21.3 Å². The van der Waals surface area contributed by atoms with Gasteiger partial charge in [-0.1, -0.05) is 0 Å². The fourth-order valence-corrected chi connectivity index (χ4v) is 2.09. The molecule has 0 aromatic carbocycles. The Morgan fingerprint density at radius 3 is 2.58 bits per heavy atom. The molecule has 0 amide bonds. The largest absolute Gasteiger partial charge is 0.385 e. The lowest BCUT2D eigenvalue weighted by Crippen LogP contribution is -2.50. The lowest BCUT2D eigenvalue weighted by Gasteiger charge is -2.36. The minimum absolute atomic E-state index is 0.137. The van der Waals surface area contributed by atoms with Crippen molar-refractivity contribution in [3.8, 4) is 0 Å². The molecule has 1 heterocycles. The van der Waals surface area contributed by atoms with Crippen LogP contribution in [0.5, 0.6) is 0 Å². The van der Waals surface area contributed by atoms with E-state index >= 15 is 0 Å². The molecule has 0 bridgehead atoms. The third kappa shape index (κ3) is 5.76. The molecule has 0 saturated carbocycles. The number of aliphatic imine (C=N–C) groups is 1. The second kappa shape index (κ2) is 9.12. The Kier molecular flexibility index (Phi) is 7.78. The van der Waals surface area contributed by atoms with Crippen LogP contribution >= 0.6 is 0 Å². The number of hydrogen-bond acceptors (Lipinski definition) is 4. The minimum atomic E-state index is -0.137. The summed E-state index contributed by atoms with van der Waals surface area (Å²) in [5.74, 6) is 0.805. The van der Waals surface area contributed by atoms with Gasteiger partial charge in [0.25, 0.3) is 0 Å². The highest BCUT2D eigenvalue weighted by atomic mass is 16.5. The van der Waals surface area contributed by atoms with Gasteiger partial charge in [0.15, 0.2) is 5.96 Å². The van der Waals surface area contributed by atoms with Crippen molar-refractivity contribution in [3.63, 3.8) is 0 Å². The molecule has 0 aromatic heterocycles. The lowest BCUT2D eigenvalue weighted by atomic mass is 9.94. The van der Waals surface area contributed by atoms with Crippen molar-refractivity contribution >= 4 is 5.96 Å². The molecule has 1 fully saturated rings. The molecular weight excluding hydrogens is 246 g/mol. The van der Waals surface area contributed by atoms with Gasteiger partial charge >= 0.3 is 0 Å². The molecule has 0 atom stereocenters. The van der Waals surface area contributed by atoms with Crippen LogP contribution in [0.4, 0.5) is 0 Å². The molecule has 0 aliphatic carbocycles. The van der Waals surface area contributed by atoms with Crippen LogP contribution in [0.1, 0.15) is 19.3 Å². The Morgan fingerprint density at radius 1 is 1.26 bits per heavy atom. The molecule has 0 spiro atoms. The van der Waals surface area contributed by atoms with E-state index in [4.69, 9.17) is 14.2 Å². The maximum absolute atomic E-state index is 5.67. The Hall–Kier alpha value is -0.850. The smallest absolute Gasteiger partial charge is 0.191 e. The van der Waals surface area contributed by atoms with E-state index in [1.165, 1.54) is 0 Å². The normalized spacial score (nSPS) is 19.2. The van der Waals surface area contributed by atoms with Crippen LogP contribution in [0.3, 0.4) is 0 Å². The van der Waals surface area contributed by atoms with E-state index in [9.17, 15) is 0 Å². The number of nitrogens with zero attached hydrogens (tertiary/aromatic N) is 1. The summed E-state index contributed by atoms with van der Waals surface area (Å²) in [6.45, 7) is 3.86. The summed E-state index contributed by atoms with van der Waals surface area (Å²) in [6.07, 6.45) is 2.79. The molecule has 0 aromatic rings. The predicted octanol–water partition coefficient (Wildman–Crippen LogP) is 0.384. The highest BCUT2D eigenvalue weighted by Gasteiger charge is 2.32. The zero-order valence-corrected chi connectivity index (χ0v) is 12.3. The van der Waals surface area contributed by atoms with Gasteiger partial charge in [0.2, 0.25) is 0 Å². The summed E-state index contributed by atoms with van der Waals surface area (Å²) in [5, 5.41) is 6.58. The van der Waals surface area contributed by atoms with E-state index in [2.05, 4.69) is 15.6 Å². The molecule has 0 unspecified atom stereocenters. The Bertz CT molecular complexity index is 266. The first-order valence-corrected chi connectivity index (χ1v) is 6.83. The van der Waals surface area contributed by atoms with Crippen LogP contribution in [-0.4, -0.2) is 65.7 Å². The highest BCUT2D eigenvalue weighted by molar-refractivity contribution is 5.79. The summed E-state index contributed by atoms with van der Waals surface area (Å²) >= 11 is 0. The van der Waals surface area contributed by atoms with Crippen LogP contribution < -0.4 is 10.6 Å². The zero-order chi connectivity index (χ0) is 14.0. The number of ether oxygens (including phenoxy) is 3. The van der Waals surface area contributed by atoms with Crippen LogP contribution in [0.15, 0.2) is 4.99 Å². The van der Waals surface area contributed by atoms with Gasteiger partial charge in [-0.25, -0.2) is 0 Å². The van der Waals surface area contributed by atoms with Crippen molar-refractivity contribution in [2.75, 3.05) is 54.2 Å². The van der Waals surface area contributed by atoms with Gasteiger partial charge in [0.1, 0.15) is 0 Å². The number of guanidine groups is 1. The van der Waals surface area contributed by atoms with Gasteiger partial charge in [0, 0.05) is 67.0 Å². The Balaban J connectivity index is 2.30. The monoisotopic (exact) mass is 273 g/mol. The molecule has 0 radical (unpaired) electrons. The number of nitrogens with one attached hydrogen (secondary N) is 2. The summed E-state index contributed by atoms with van der Waals surface area (Å²) in [4.78, 5) is 4.20. The van der Waals surface area contributed by atoms with E-state index in [0.717, 1.165) is 58.1 Å².